The van der Waals surface area contributed by atoms with Crippen molar-refractivity contribution in [2.24, 2.45) is 0 Å². The van der Waals surface area contributed by atoms with E-state index in [1.807, 2.05) is 36.4 Å². The molecule has 0 bridgehead atoms. The average Bonchev–Trinajstić information content (AvgIpc) is 3.80. The van der Waals surface area contributed by atoms with Crippen LogP contribution in [-0.4, -0.2) is 4.98 Å². The van der Waals surface area contributed by atoms with Crippen LogP contribution in [0.5, 0.6) is 0 Å². The maximum absolute atomic E-state index is 6.77. The first kappa shape index (κ1) is 28.2. The predicted octanol–water partition coefficient (Wildman–Crippen LogP) is 12.9. The zero-order valence-electron chi connectivity index (χ0n) is 26.9. The fraction of sp³-hybridized carbons (Fsp3) is 0. The highest BCUT2D eigenvalue weighted by molar-refractivity contribution is 6.32. The minimum absolute atomic E-state index is 0.577. The van der Waals surface area contributed by atoms with Gasteiger partial charge in [0.15, 0.2) is 5.58 Å². The van der Waals surface area contributed by atoms with Crippen LogP contribution < -0.4 is 9.80 Å². The van der Waals surface area contributed by atoms with Gasteiger partial charge in [0, 0.05) is 61.6 Å². The molecule has 50 heavy (non-hydrogen) atoms. The molecule has 10 rings (SSSR count). The molecule has 2 aromatic heterocycles. The van der Waals surface area contributed by atoms with Crippen LogP contribution in [-0.2, 0) is 0 Å². The molecule has 0 saturated heterocycles. The van der Waals surface area contributed by atoms with E-state index < -0.39 is 0 Å². The van der Waals surface area contributed by atoms with Gasteiger partial charge in [0.25, 0.3) is 0 Å². The lowest BCUT2D eigenvalue weighted by atomic mass is 9.99. The van der Waals surface area contributed by atoms with Crippen LogP contribution in [0.25, 0.3) is 55.3 Å². The first-order valence-electron chi connectivity index (χ1n) is 16.7. The smallest absolute Gasteiger partial charge is 0.227 e. The molecule has 8 aromatic carbocycles. The Kier molecular flexibility index (Phi) is 6.42. The SMILES string of the molecule is c1ccc(N(c2ccccc2)c2ccc(-c3nc4c5cccc6oc7cc(N(c8ccccc8)c8ccccc8)cc(c4o3)c7c65)cc2)cc1. The Morgan fingerprint density at radius 2 is 0.880 bits per heavy atom. The van der Waals surface area contributed by atoms with Crippen LogP contribution in [0.4, 0.5) is 34.1 Å². The standard InChI is InChI=1S/C45H29N3O2/c1-5-14-31(15-6-1)47(32-16-7-2-8-17-32)35-26-24-30(25-27-35)45-46-43-37-22-13-23-39-41(37)42-38(44(43)50-45)28-36(29-40(42)49-39)48(33-18-9-3-10-19-33)34-20-11-4-12-21-34/h1-29H. The van der Waals surface area contributed by atoms with Crippen molar-refractivity contribution >= 4 is 77.9 Å². The fourth-order valence-electron chi connectivity index (χ4n) is 7.20. The molecule has 0 aliphatic rings. The van der Waals surface area contributed by atoms with Crippen LogP contribution in [0.3, 0.4) is 0 Å². The van der Waals surface area contributed by atoms with Gasteiger partial charge in [0.2, 0.25) is 5.89 Å². The van der Waals surface area contributed by atoms with Crippen LogP contribution in [0.15, 0.2) is 185 Å². The van der Waals surface area contributed by atoms with Gasteiger partial charge >= 0.3 is 0 Å². The van der Waals surface area contributed by atoms with Crippen molar-refractivity contribution in [3.8, 4) is 11.5 Å². The zero-order valence-corrected chi connectivity index (χ0v) is 26.9. The number of benzene rings is 8. The first-order valence-corrected chi connectivity index (χ1v) is 16.7. The van der Waals surface area contributed by atoms with Crippen molar-refractivity contribution in [1.29, 1.82) is 0 Å². The van der Waals surface area contributed by atoms with Gasteiger partial charge in [-0.15, -0.1) is 0 Å². The molecule has 0 atom stereocenters. The molecule has 10 aromatic rings. The molecule has 5 heteroatoms. The molecule has 236 valence electrons. The van der Waals surface area contributed by atoms with Gasteiger partial charge in [-0.05, 0) is 84.9 Å². The third kappa shape index (κ3) is 4.52. The molecule has 0 aliphatic carbocycles. The number of hydrogen-bond donors (Lipinski definition) is 0. The Hall–Kier alpha value is -6.85. The van der Waals surface area contributed by atoms with E-state index in [-0.39, 0.29) is 0 Å². The Balaban J connectivity index is 1.15. The monoisotopic (exact) mass is 643 g/mol. The van der Waals surface area contributed by atoms with Crippen molar-refractivity contribution in [3.05, 3.63) is 176 Å². The molecule has 0 spiro atoms. The summed E-state index contributed by atoms with van der Waals surface area (Å²) >= 11 is 0. The van der Waals surface area contributed by atoms with Crippen molar-refractivity contribution in [2.45, 2.75) is 0 Å². The van der Waals surface area contributed by atoms with Gasteiger partial charge in [-0.25, -0.2) is 4.98 Å². The van der Waals surface area contributed by atoms with Crippen molar-refractivity contribution in [1.82, 2.24) is 4.98 Å². The van der Waals surface area contributed by atoms with E-state index in [9.17, 15) is 0 Å². The number of furan rings is 1. The summed E-state index contributed by atoms with van der Waals surface area (Å²) in [7, 11) is 0. The fourth-order valence-corrected chi connectivity index (χ4v) is 7.20. The summed E-state index contributed by atoms with van der Waals surface area (Å²) < 4.78 is 13.3. The van der Waals surface area contributed by atoms with Gasteiger partial charge in [0.05, 0.1) is 5.69 Å². The minimum Gasteiger partial charge on any atom is -0.456 e. The van der Waals surface area contributed by atoms with E-state index >= 15 is 0 Å². The Morgan fingerprint density at radius 3 is 1.44 bits per heavy atom. The molecular formula is C45H29N3O2. The second-order valence-electron chi connectivity index (χ2n) is 12.4. The molecule has 5 nitrogen and oxygen atoms in total. The van der Waals surface area contributed by atoms with E-state index in [1.165, 1.54) is 0 Å². The maximum atomic E-state index is 6.77. The van der Waals surface area contributed by atoms with Gasteiger partial charge in [-0.2, -0.15) is 0 Å². The highest BCUT2D eigenvalue weighted by Gasteiger charge is 2.24. The average molecular weight is 644 g/mol. The normalized spacial score (nSPS) is 11.6. The maximum Gasteiger partial charge on any atom is 0.227 e. The summed E-state index contributed by atoms with van der Waals surface area (Å²) in [6, 6.07) is 60.6. The molecule has 0 saturated carbocycles. The van der Waals surface area contributed by atoms with Gasteiger partial charge in [-0.3, -0.25) is 0 Å². The van der Waals surface area contributed by atoms with E-state index in [2.05, 4.69) is 149 Å². The number of fused-ring (bicyclic) bond motifs is 3. The number of oxazole rings is 1. The van der Waals surface area contributed by atoms with Gasteiger partial charge in [0.1, 0.15) is 16.7 Å². The Labute approximate surface area is 288 Å². The molecule has 0 aliphatic heterocycles. The van der Waals surface area contributed by atoms with Crippen LogP contribution in [0, 0.1) is 0 Å². The van der Waals surface area contributed by atoms with Gasteiger partial charge < -0.3 is 18.6 Å². The summed E-state index contributed by atoms with van der Waals surface area (Å²) in [5.41, 5.74) is 10.4. The zero-order chi connectivity index (χ0) is 33.0. The Morgan fingerprint density at radius 1 is 0.380 bits per heavy atom. The number of anilines is 6. The van der Waals surface area contributed by atoms with Gasteiger partial charge in [-0.1, -0.05) is 84.9 Å². The second kappa shape index (κ2) is 11.4. The molecule has 0 amide bonds. The molecule has 0 fully saturated rings. The highest BCUT2D eigenvalue weighted by atomic mass is 16.3. The third-order valence-corrected chi connectivity index (χ3v) is 9.40. The number of para-hydroxylation sites is 4. The first-order chi connectivity index (χ1) is 24.8. The summed E-state index contributed by atoms with van der Waals surface area (Å²) in [5.74, 6) is 0.577. The predicted molar refractivity (Wildman–Crippen MR) is 205 cm³/mol. The van der Waals surface area contributed by atoms with E-state index in [1.54, 1.807) is 0 Å². The third-order valence-electron chi connectivity index (χ3n) is 9.40. The van der Waals surface area contributed by atoms with Crippen LogP contribution >= 0.6 is 0 Å². The molecule has 0 radical (unpaired) electrons. The van der Waals surface area contributed by atoms with Crippen molar-refractivity contribution in [2.75, 3.05) is 9.80 Å². The van der Waals surface area contributed by atoms with Crippen molar-refractivity contribution in [3.63, 3.8) is 0 Å². The largest absolute Gasteiger partial charge is 0.456 e. The number of rotatable bonds is 7. The van der Waals surface area contributed by atoms with E-state index in [4.69, 9.17) is 13.8 Å². The molecular weight excluding hydrogens is 615 g/mol. The molecule has 0 unspecified atom stereocenters. The number of aromatic nitrogens is 1. The quantitative estimate of drug-likeness (QED) is 0.162. The minimum atomic E-state index is 0.577. The lowest BCUT2D eigenvalue weighted by Crippen LogP contribution is -2.09. The number of hydrogen-bond acceptors (Lipinski definition) is 5. The highest BCUT2D eigenvalue weighted by Crippen LogP contribution is 2.47. The summed E-state index contributed by atoms with van der Waals surface area (Å²) in [5, 5.41) is 4.10. The van der Waals surface area contributed by atoms with E-state index in [0.29, 0.717) is 5.89 Å². The van der Waals surface area contributed by atoms with E-state index in [0.717, 1.165) is 83.5 Å². The molecule has 2 heterocycles. The lowest BCUT2D eigenvalue weighted by Gasteiger charge is -2.25. The summed E-state index contributed by atoms with van der Waals surface area (Å²) in [6.45, 7) is 0. The Bertz CT molecular complexity index is 2660. The summed E-state index contributed by atoms with van der Waals surface area (Å²) in [6.07, 6.45) is 0. The topological polar surface area (TPSA) is 45.7 Å². The van der Waals surface area contributed by atoms with Crippen LogP contribution in [0.2, 0.25) is 0 Å². The van der Waals surface area contributed by atoms with Crippen LogP contribution in [0.1, 0.15) is 0 Å². The molecule has 0 N–H and O–H groups in total. The summed E-state index contributed by atoms with van der Waals surface area (Å²) in [4.78, 5) is 9.66. The van der Waals surface area contributed by atoms with Crippen molar-refractivity contribution < 1.29 is 8.83 Å². The lowest BCUT2D eigenvalue weighted by molar-refractivity contribution is 0.623. The number of nitrogens with zero attached hydrogens (tertiary/aromatic N) is 3. The second-order valence-corrected chi connectivity index (χ2v) is 12.4.